The third-order valence-electron chi connectivity index (χ3n) is 5.11. The Hall–Kier alpha value is -2.09. The van der Waals surface area contributed by atoms with E-state index in [0.717, 1.165) is 39.0 Å². The summed E-state index contributed by atoms with van der Waals surface area (Å²) in [5.74, 6) is 0.638. The van der Waals surface area contributed by atoms with Crippen LogP contribution in [0.4, 0.5) is 5.69 Å². The third-order valence-corrected chi connectivity index (χ3v) is 6.59. The van der Waals surface area contributed by atoms with E-state index in [0.29, 0.717) is 12.3 Å². The maximum atomic E-state index is 12.3. The van der Waals surface area contributed by atoms with Crippen LogP contribution in [0.2, 0.25) is 0 Å². The Morgan fingerprint density at radius 2 is 1.61 bits per heavy atom. The number of nitrogens with zero attached hydrogens (tertiary/aromatic N) is 2. The predicted octanol–water partition coefficient (Wildman–Crippen LogP) is 2.36. The van der Waals surface area contributed by atoms with Crippen molar-refractivity contribution < 1.29 is 13.2 Å². The van der Waals surface area contributed by atoms with Gasteiger partial charge in [-0.25, -0.2) is 13.1 Å². The average molecular weight is 404 g/mol. The Morgan fingerprint density at radius 1 is 0.964 bits per heavy atom. The number of likely N-dealkylation sites (N-methyl/N-ethyl adjacent to an activating group) is 1. The second kappa shape index (κ2) is 9.41. The molecule has 152 valence electrons. The van der Waals surface area contributed by atoms with Gasteiger partial charge in [-0.15, -0.1) is 0 Å². The number of piperazine rings is 1. The van der Waals surface area contributed by atoms with Gasteiger partial charge in [0, 0.05) is 38.4 Å². The smallest absolute Gasteiger partial charge is 0.240 e. The highest BCUT2D eigenvalue weighted by atomic mass is 32.2. The second-order valence-corrected chi connectivity index (χ2v) is 8.90. The quantitative estimate of drug-likeness (QED) is 0.686. The largest absolute Gasteiger partial charge is 0.497 e. The molecule has 0 spiro atoms. The molecule has 0 unspecified atom stereocenters. The molecule has 2 aromatic rings. The summed E-state index contributed by atoms with van der Waals surface area (Å²) in [5.41, 5.74) is 2.48. The van der Waals surface area contributed by atoms with Gasteiger partial charge < -0.3 is 14.5 Å². The Balaban J connectivity index is 1.45. The minimum Gasteiger partial charge on any atom is -0.497 e. The molecule has 0 amide bonds. The van der Waals surface area contributed by atoms with Gasteiger partial charge in [-0.3, -0.25) is 0 Å². The molecule has 1 saturated heterocycles. The van der Waals surface area contributed by atoms with Crippen molar-refractivity contribution >= 4 is 15.7 Å². The zero-order chi connectivity index (χ0) is 20.0. The molecule has 1 fully saturated rings. The van der Waals surface area contributed by atoms with Crippen molar-refractivity contribution in [3.8, 4) is 5.75 Å². The molecule has 0 saturated carbocycles. The number of sulfonamides is 1. The van der Waals surface area contributed by atoms with Gasteiger partial charge in [-0.05, 0) is 61.9 Å². The van der Waals surface area contributed by atoms with Crippen LogP contribution < -0.4 is 14.4 Å². The number of hydrogen-bond acceptors (Lipinski definition) is 5. The first-order valence-electron chi connectivity index (χ1n) is 9.64. The average Bonchev–Trinajstić information content (AvgIpc) is 2.72. The molecule has 0 radical (unpaired) electrons. The monoisotopic (exact) mass is 403 g/mol. The summed E-state index contributed by atoms with van der Waals surface area (Å²) in [6.07, 6.45) is 1.59. The predicted molar refractivity (Wildman–Crippen MR) is 113 cm³/mol. The van der Waals surface area contributed by atoms with Gasteiger partial charge in [-0.2, -0.15) is 0 Å². The zero-order valence-corrected chi connectivity index (χ0v) is 17.4. The summed E-state index contributed by atoms with van der Waals surface area (Å²) in [7, 11) is 0.229. The van der Waals surface area contributed by atoms with Gasteiger partial charge in [-0.1, -0.05) is 12.1 Å². The number of nitrogens with one attached hydrogen (secondary N) is 1. The fourth-order valence-electron chi connectivity index (χ4n) is 3.28. The van der Waals surface area contributed by atoms with E-state index in [1.54, 1.807) is 31.4 Å². The lowest BCUT2D eigenvalue weighted by atomic mass is 10.1. The van der Waals surface area contributed by atoms with Crippen molar-refractivity contribution in [2.75, 3.05) is 51.8 Å². The Bertz CT molecular complexity index is 843. The van der Waals surface area contributed by atoms with Crippen LogP contribution in [0.25, 0.3) is 0 Å². The van der Waals surface area contributed by atoms with Crippen LogP contribution in [0.3, 0.4) is 0 Å². The van der Waals surface area contributed by atoms with Crippen LogP contribution in [0.15, 0.2) is 53.4 Å². The van der Waals surface area contributed by atoms with Crippen LogP contribution >= 0.6 is 0 Å². The molecule has 3 rings (SSSR count). The molecule has 6 nitrogen and oxygen atoms in total. The van der Waals surface area contributed by atoms with Crippen LogP contribution in [0, 0.1) is 0 Å². The van der Waals surface area contributed by atoms with Crippen LogP contribution in [0.5, 0.6) is 5.75 Å². The number of hydrogen-bond donors (Lipinski definition) is 1. The van der Waals surface area contributed by atoms with Crippen molar-refractivity contribution in [3.63, 3.8) is 0 Å². The number of benzene rings is 2. The van der Waals surface area contributed by atoms with Crippen molar-refractivity contribution in [1.82, 2.24) is 9.62 Å². The summed E-state index contributed by atoms with van der Waals surface area (Å²) in [4.78, 5) is 5.01. The van der Waals surface area contributed by atoms with E-state index in [1.165, 1.54) is 11.3 Å². The standard InChI is InChI=1S/C21H29N3O3S/c1-23-14-16-24(17-15-23)19-7-5-18(6-8-19)4-3-13-22-28(25,26)21-11-9-20(27-2)10-12-21/h5-12,22H,3-4,13-17H2,1-2H3. The summed E-state index contributed by atoms with van der Waals surface area (Å²) >= 11 is 0. The van der Waals surface area contributed by atoms with Crippen molar-refractivity contribution in [3.05, 3.63) is 54.1 Å². The normalized spacial score (nSPS) is 15.6. The lowest BCUT2D eigenvalue weighted by Crippen LogP contribution is -2.44. The molecule has 7 heteroatoms. The van der Waals surface area contributed by atoms with E-state index in [4.69, 9.17) is 4.74 Å². The molecule has 0 atom stereocenters. The summed E-state index contributed by atoms with van der Waals surface area (Å²) in [6.45, 7) is 4.72. The summed E-state index contributed by atoms with van der Waals surface area (Å²) in [5, 5.41) is 0. The van der Waals surface area contributed by atoms with E-state index >= 15 is 0 Å². The molecule has 0 aliphatic carbocycles. The number of ether oxygens (including phenoxy) is 1. The van der Waals surface area contributed by atoms with Crippen LogP contribution in [-0.2, 0) is 16.4 Å². The first kappa shape index (κ1) is 20.6. The minimum atomic E-state index is -3.48. The summed E-state index contributed by atoms with van der Waals surface area (Å²) in [6, 6.07) is 15.0. The molecular weight excluding hydrogens is 374 g/mol. The highest BCUT2D eigenvalue weighted by Crippen LogP contribution is 2.18. The van der Waals surface area contributed by atoms with E-state index in [9.17, 15) is 8.42 Å². The van der Waals surface area contributed by atoms with E-state index in [1.807, 2.05) is 0 Å². The molecule has 1 aliphatic heterocycles. The molecule has 2 aromatic carbocycles. The van der Waals surface area contributed by atoms with E-state index < -0.39 is 10.0 Å². The zero-order valence-electron chi connectivity index (χ0n) is 16.6. The lowest BCUT2D eigenvalue weighted by molar-refractivity contribution is 0.313. The van der Waals surface area contributed by atoms with Gasteiger partial charge in [0.2, 0.25) is 10.0 Å². The fraction of sp³-hybridized carbons (Fsp3) is 0.429. The molecule has 1 N–H and O–H groups in total. The van der Waals surface area contributed by atoms with Crippen LogP contribution in [0.1, 0.15) is 12.0 Å². The molecule has 0 bridgehead atoms. The Kier molecular flexibility index (Phi) is 6.93. The fourth-order valence-corrected chi connectivity index (χ4v) is 4.35. The highest BCUT2D eigenvalue weighted by Gasteiger charge is 2.15. The van der Waals surface area contributed by atoms with E-state index in [-0.39, 0.29) is 4.90 Å². The Morgan fingerprint density at radius 3 is 2.21 bits per heavy atom. The van der Waals surface area contributed by atoms with Gasteiger partial charge in [0.15, 0.2) is 0 Å². The Labute approximate surface area is 168 Å². The molecule has 0 aromatic heterocycles. The molecule has 1 aliphatic rings. The number of rotatable bonds is 8. The molecular formula is C21H29N3O3S. The topological polar surface area (TPSA) is 61.9 Å². The first-order chi connectivity index (χ1) is 13.5. The van der Waals surface area contributed by atoms with Gasteiger partial charge >= 0.3 is 0 Å². The van der Waals surface area contributed by atoms with Crippen molar-refractivity contribution in [2.24, 2.45) is 0 Å². The maximum absolute atomic E-state index is 12.3. The molecule has 28 heavy (non-hydrogen) atoms. The second-order valence-electron chi connectivity index (χ2n) is 7.13. The third kappa shape index (κ3) is 5.47. The number of anilines is 1. The first-order valence-corrected chi connectivity index (χ1v) is 11.1. The van der Waals surface area contributed by atoms with Crippen LogP contribution in [-0.4, -0.2) is 60.2 Å². The molecule has 1 heterocycles. The van der Waals surface area contributed by atoms with Gasteiger partial charge in [0.1, 0.15) is 5.75 Å². The van der Waals surface area contributed by atoms with Gasteiger partial charge in [0.25, 0.3) is 0 Å². The summed E-state index contributed by atoms with van der Waals surface area (Å²) < 4.78 is 32.4. The number of methoxy groups -OCH3 is 1. The minimum absolute atomic E-state index is 0.254. The van der Waals surface area contributed by atoms with E-state index in [2.05, 4.69) is 45.8 Å². The number of aryl methyl sites for hydroxylation is 1. The highest BCUT2D eigenvalue weighted by molar-refractivity contribution is 7.89. The maximum Gasteiger partial charge on any atom is 0.240 e. The van der Waals surface area contributed by atoms with Crippen molar-refractivity contribution in [1.29, 1.82) is 0 Å². The van der Waals surface area contributed by atoms with Gasteiger partial charge in [0.05, 0.1) is 12.0 Å². The van der Waals surface area contributed by atoms with Crippen molar-refractivity contribution in [2.45, 2.75) is 17.7 Å². The lowest BCUT2D eigenvalue weighted by Gasteiger charge is -2.34. The SMILES string of the molecule is COc1ccc(S(=O)(=O)NCCCc2ccc(N3CCN(C)CC3)cc2)cc1.